The number of aliphatic imine (C=N–C) groups is 1. The van der Waals surface area contributed by atoms with E-state index in [1.807, 2.05) is 13.8 Å². The molecule has 0 aliphatic heterocycles. The second kappa shape index (κ2) is 7.10. The number of thioether (sulfide) groups is 1. The third kappa shape index (κ3) is 5.95. The summed E-state index contributed by atoms with van der Waals surface area (Å²) in [6, 6.07) is 0. The molecule has 0 aromatic heterocycles. The summed E-state index contributed by atoms with van der Waals surface area (Å²) < 4.78 is 0. The molecule has 7 heteroatoms. The first-order valence-electron chi connectivity index (χ1n) is 4.60. The van der Waals surface area contributed by atoms with Crippen molar-refractivity contribution in [3.05, 3.63) is 0 Å². The Morgan fingerprint density at radius 1 is 1.40 bits per heavy atom. The number of carbonyl (C=O) groups is 1. The van der Waals surface area contributed by atoms with Gasteiger partial charge in [-0.25, -0.2) is 0 Å². The van der Waals surface area contributed by atoms with Gasteiger partial charge in [-0.2, -0.15) is 4.99 Å². The van der Waals surface area contributed by atoms with Crippen LogP contribution < -0.4 is 11.5 Å². The number of nitrogens with two attached hydrogens (primary N) is 2. The largest absolute Gasteiger partial charge is 0.370 e. The Balaban J connectivity index is 4.00. The molecule has 0 heterocycles. The van der Waals surface area contributed by atoms with Crippen LogP contribution in [0.1, 0.15) is 13.8 Å². The number of rotatable bonds is 4. The predicted molar refractivity (Wildman–Crippen MR) is 63.9 cm³/mol. The van der Waals surface area contributed by atoms with E-state index >= 15 is 0 Å². The predicted octanol–water partition coefficient (Wildman–Crippen LogP) is -0.204. The molecule has 15 heavy (non-hydrogen) atoms. The number of guanidine groups is 1. The summed E-state index contributed by atoms with van der Waals surface area (Å²) in [4.78, 5) is 16.7. The van der Waals surface area contributed by atoms with E-state index < -0.39 is 0 Å². The van der Waals surface area contributed by atoms with E-state index in [2.05, 4.69) is 4.99 Å². The summed E-state index contributed by atoms with van der Waals surface area (Å²) in [6.45, 7) is 5.16. The third-order valence-electron chi connectivity index (χ3n) is 1.68. The maximum atomic E-state index is 11.5. The van der Waals surface area contributed by atoms with Gasteiger partial charge in [0.2, 0.25) is 5.91 Å². The highest BCUT2D eigenvalue weighted by Crippen LogP contribution is 2.05. The summed E-state index contributed by atoms with van der Waals surface area (Å²) in [5.41, 5.74) is 10.2. The SMILES string of the molecule is CCN(CC)C(=O)CSC(=N)N=C(N)N. The molecular formula is C8H17N5OS. The van der Waals surface area contributed by atoms with Crippen molar-refractivity contribution in [2.24, 2.45) is 16.5 Å². The Morgan fingerprint density at radius 3 is 2.33 bits per heavy atom. The van der Waals surface area contributed by atoms with Gasteiger partial charge >= 0.3 is 0 Å². The standard InChI is InChI=1S/C8H17N5OS/c1-3-13(4-2)6(14)5-15-8(11)12-7(9)10/h3-5H2,1-2H3,(H5,9,10,11,12). The molecule has 0 spiro atoms. The van der Waals surface area contributed by atoms with E-state index in [1.165, 1.54) is 0 Å². The minimum Gasteiger partial charge on any atom is -0.370 e. The van der Waals surface area contributed by atoms with E-state index in [9.17, 15) is 4.79 Å². The van der Waals surface area contributed by atoms with Crippen LogP contribution in [-0.4, -0.2) is 40.8 Å². The highest BCUT2D eigenvalue weighted by molar-refractivity contribution is 8.14. The van der Waals surface area contributed by atoms with E-state index in [-0.39, 0.29) is 22.8 Å². The average molecular weight is 231 g/mol. The fraction of sp³-hybridized carbons (Fsp3) is 0.625. The van der Waals surface area contributed by atoms with Crippen LogP contribution in [0.4, 0.5) is 0 Å². The average Bonchev–Trinajstić information content (AvgIpc) is 2.15. The minimum atomic E-state index is -0.164. The molecule has 0 radical (unpaired) electrons. The molecule has 0 saturated heterocycles. The number of nitrogens with one attached hydrogen (secondary N) is 1. The topological polar surface area (TPSA) is 109 Å². The normalized spacial score (nSPS) is 9.47. The molecule has 0 saturated carbocycles. The van der Waals surface area contributed by atoms with Crippen LogP contribution in [0.25, 0.3) is 0 Å². The lowest BCUT2D eigenvalue weighted by Gasteiger charge is -2.17. The minimum absolute atomic E-state index is 0.0134. The molecule has 0 atom stereocenters. The first kappa shape index (κ1) is 13.8. The molecule has 0 rings (SSSR count). The summed E-state index contributed by atoms with van der Waals surface area (Å²) in [7, 11) is 0. The molecule has 0 fully saturated rings. The molecule has 1 amide bonds. The van der Waals surface area contributed by atoms with Crippen LogP contribution in [0.15, 0.2) is 4.99 Å². The number of nitrogens with zero attached hydrogens (tertiary/aromatic N) is 2. The van der Waals surface area contributed by atoms with Crippen LogP contribution in [-0.2, 0) is 4.79 Å². The Bertz CT molecular complexity index is 258. The van der Waals surface area contributed by atoms with Gasteiger partial charge in [0.05, 0.1) is 5.75 Å². The van der Waals surface area contributed by atoms with Crippen LogP contribution in [0, 0.1) is 5.41 Å². The molecular weight excluding hydrogens is 214 g/mol. The molecule has 0 unspecified atom stereocenters. The Kier molecular flexibility index (Phi) is 6.52. The number of amides is 1. The Labute approximate surface area is 93.6 Å². The zero-order valence-corrected chi connectivity index (χ0v) is 9.80. The van der Waals surface area contributed by atoms with Gasteiger partial charge in [0.15, 0.2) is 11.1 Å². The lowest BCUT2D eigenvalue weighted by molar-refractivity contribution is -0.127. The highest BCUT2D eigenvalue weighted by Gasteiger charge is 2.10. The molecule has 0 aromatic rings. The Morgan fingerprint density at radius 2 is 1.93 bits per heavy atom. The van der Waals surface area contributed by atoms with Crippen LogP contribution in [0.2, 0.25) is 0 Å². The molecule has 0 aromatic carbocycles. The Hall–Kier alpha value is -1.24. The maximum absolute atomic E-state index is 11.5. The fourth-order valence-electron chi connectivity index (χ4n) is 0.947. The summed E-state index contributed by atoms with van der Waals surface area (Å²) in [5, 5.41) is 7.27. The van der Waals surface area contributed by atoms with Crippen molar-refractivity contribution in [2.75, 3.05) is 18.8 Å². The van der Waals surface area contributed by atoms with Gasteiger partial charge in [-0.15, -0.1) is 0 Å². The zero-order chi connectivity index (χ0) is 11.8. The van der Waals surface area contributed by atoms with Gasteiger partial charge in [-0.3, -0.25) is 10.2 Å². The van der Waals surface area contributed by atoms with Crippen molar-refractivity contribution in [3.63, 3.8) is 0 Å². The van der Waals surface area contributed by atoms with Crippen molar-refractivity contribution < 1.29 is 4.79 Å². The van der Waals surface area contributed by atoms with Crippen molar-refractivity contribution in [1.82, 2.24) is 4.90 Å². The van der Waals surface area contributed by atoms with Gasteiger partial charge < -0.3 is 16.4 Å². The van der Waals surface area contributed by atoms with Gasteiger partial charge in [0.25, 0.3) is 0 Å². The van der Waals surface area contributed by atoms with Crippen LogP contribution >= 0.6 is 11.8 Å². The van der Waals surface area contributed by atoms with E-state index in [0.29, 0.717) is 13.1 Å². The molecule has 0 bridgehead atoms. The number of hydrogen-bond acceptors (Lipinski definition) is 3. The number of amidine groups is 1. The second-order valence-corrected chi connectivity index (χ2v) is 3.66. The molecule has 86 valence electrons. The summed E-state index contributed by atoms with van der Waals surface area (Å²) >= 11 is 1.02. The lowest BCUT2D eigenvalue weighted by Crippen LogP contribution is -2.32. The van der Waals surface area contributed by atoms with Crippen molar-refractivity contribution in [3.8, 4) is 0 Å². The smallest absolute Gasteiger partial charge is 0.233 e. The van der Waals surface area contributed by atoms with E-state index in [4.69, 9.17) is 16.9 Å². The lowest BCUT2D eigenvalue weighted by atomic mass is 10.5. The van der Waals surface area contributed by atoms with Gasteiger partial charge in [0, 0.05) is 13.1 Å². The fourth-order valence-corrected chi connectivity index (χ4v) is 1.56. The van der Waals surface area contributed by atoms with E-state index in [0.717, 1.165) is 11.8 Å². The zero-order valence-electron chi connectivity index (χ0n) is 8.99. The van der Waals surface area contributed by atoms with Crippen molar-refractivity contribution >= 4 is 28.8 Å². The van der Waals surface area contributed by atoms with Gasteiger partial charge in [-0.05, 0) is 13.8 Å². The quantitative estimate of drug-likeness (QED) is 0.459. The second-order valence-electron chi connectivity index (χ2n) is 2.70. The first-order chi connectivity index (χ1) is 7.01. The van der Waals surface area contributed by atoms with E-state index in [1.54, 1.807) is 4.90 Å². The molecule has 0 aliphatic carbocycles. The van der Waals surface area contributed by atoms with Crippen molar-refractivity contribution in [2.45, 2.75) is 13.8 Å². The molecule has 0 aliphatic rings. The molecule has 6 nitrogen and oxygen atoms in total. The number of hydrogen-bond donors (Lipinski definition) is 3. The molecule has 5 N–H and O–H groups in total. The van der Waals surface area contributed by atoms with Gasteiger partial charge in [0.1, 0.15) is 0 Å². The highest BCUT2D eigenvalue weighted by atomic mass is 32.2. The van der Waals surface area contributed by atoms with Gasteiger partial charge in [-0.1, -0.05) is 11.8 Å². The monoisotopic (exact) mass is 231 g/mol. The number of carbonyl (C=O) groups excluding carboxylic acids is 1. The van der Waals surface area contributed by atoms with Crippen LogP contribution in [0.3, 0.4) is 0 Å². The summed E-state index contributed by atoms with van der Waals surface area (Å²) in [6.07, 6.45) is 0. The summed E-state index contributed by atoms with van der Waals surface area (Å²) in [5.74, 6) is 0.0143. The maximum Gasteiger partial charge on any atom is 0.233 e. The first-order valence-corrected chi connectivity index (χ1v) is 5.58. The van der Waals surface area contributed by atoms with Crippen molar-refractivity contribution in [1.29, 1.82) is 5.41 Å². The third-order valence-corrected chi connectivity index (χ3v) is 2.44. The van der Waals surface area contributed by atoms with Crippen LogP contribution in [0.5, 0.6) is 0 Å².